The lowest BCUT2D eigenvalue weighted by molar-refractivity contribution is -0.385. The van der Waals surface area contributed by atoms with Crippen molar-refractivity contribution in [3.05, 3.63) is 56.9 Å². The molecule has 0 saturated carbocycles. The highest BCUT2D eigenvalue weighted by Crippen LogP contribution is 2.20. The molecule has 7 heteroatoms. The van der Waals surface area contributed by atoms with Gasteiger partial charge < -0.3 is 5.32 Å². The van der Waals surface area contributed by atoms with E-state index in [9.17, 15) is 14.9 Å². The Balaban J connectivity index is 2.17. The Kier molecular flexibility index (Phi) is 4.25. The van der Waals surface area contributed by atoms with Crippen LogP contribution in [0, 0.1) is 24.0 Å². The molecule has 0 aliphatic carbocycles. The minimum absolute atomic E-state index is 0.00713. The molecular weight excluding hydrogens is 284 g/mol. The lowest BCUT2D eigenvalue weighted by atomic mass is 10.1. The molecule has 1 unspecified atom stereocenters. The van der Waals surface area contributed by atoms with Gasteiger partial charge in [0, 0.05) is 36.0 Å². The average Bonchev–Trinajstić information content (AvgIpc) is 2.77. The first kappa shape index (κ1) is 15.7. The minimum Gasteiger partial charge on any atom is -0.345 e. The molecule has 7 nitrogen and oxygen atoms in total. The van der Waals surface area contributed by atoms with Gasteiger partial charge in [0.05, 0.1) is 16.7 Å². The van der Waals surface area contributed by atoms with Gasteiger partial charge >= 0.3 is 0 Å². The van der Waals surface area contributed by atoms with Gasteiger partial charge in [-0.3, -0.25) is 19.6 Å². The number of rotatable bonds is 4. The van der Waals surface area contributed by atoms with Gasteiger partial charge in [-0.1, -0.05) is 0 Å². The van der Waals surface area contributed by atoms with E-state index in [0.29, 0.717) is 11.1 Å². The molecule has 0 radical (unpaired) electrons. The van der Waals surface area contributed by atoms with Crippen LogP contribution in [0.25, 0.3) is 0 Å². The summed E-state index contributed by atoms with van der Waals surface area (Å²) in [5, 5.41) is 17.9. The number of benzene rings is 1. The number of nitro benzene ring substituents is 1. The van der Waals surface area contributed by atoms with Crippen LogP contribution in [0.5, 0.6) is 0 Å². The van der Waals surface area contributed by atoms with E-state index in [1.54, 1.807) is 11.6 Å². The maximum absolute atomic E-state index is 12.3. The smallest absolute Gasteiger partial charge is 0.272 e. The minimum atomic E-state index is -0.460. The van der Waals surface area contributed by atoms with E-state index < -0.39 is 4.92 Å². The first-order valence-electron chi connectivity index (χ1n) is 6.85. The van der Waals surface area contributed by atoms with E-state index >= 15 is 0 Å². The van der Waals surface area contributed by atoms with Crippen molar-refractivity contribution in [3.63, 3.8) is 0 Å². The number of carbonyl (C=O) groups is 1. The number of amides is 1. The molecule has 1 aromatic heterocycles. The summed E-state index contributed by atoms with van der Waals surface area (Å²) >= 11 is 0. The van der Waals surface area contributed by atoms with Crippen molar-refractivity contribution in [2.45, 2.75) is 26.8 Å². The van der Waals surface area contributed by atoms with E-state index in [4.69, 9.17) is 0 Å². The molecule has 2 rings (SSSR count). The lowest BCUT2D eigenvalue weighted by Crippen LogP contribution is -2.27. The summed E-state index contributed by atoms with van der Waals surface area (Å²) in [6.45, 7) is 5.37. The number of hydrogen-bond acceptors (Lipinski definition) is 4. The molecule has 0 bridgehead atoms. The third-order valence-electron chi connectivity index (χ3n) is 3.52. The van der Waals surface area contributed by atoms with Crippen LogP contribution >= 0.6 is 0 Å². The van der Waals surface area contributed by atoms with Crippen LogP contribution in [0.3, 0.4) is 0 Å². The Morgan fingerprint density at radius 1 is 1.41 bits per heavy atom. The highest BCUT2D eigenvalue weighted by Gasteiger charge is 2.17. The number of aryl methyl sites for hydroxylation is 3. The second-order valence-corrected chi connectivity index (χ2v) is 5.30. The van der Waals surface area contributed by atoms with E-state index in [1.807, 2.05) is 27.1 Å². The maximum atomic E-state index is 12.3. The molecule has 0 aliphatic rings. The normalized spacial score (nSPS) is 12.0. The summed E-state index contributed by atoms with van der Waals surface area (Å²) in [6.07, 6.45) is 1.86. The van der Waals surface area contributed by atoms with Gasteiger partial charge in [-0.05, 0) is 32.9 Å². The average molecular weight is 302 g/mol. The topological polar surface area (TPSA) is 90.1 Å². The quantitative estimate of drug-likeness (QED) is 0.693. The molecule has 0 fully saturated rings. The van der Waals surface area contributed by atoms with E-state index in [-0.39, 0.29) is 17.6 Å². The zero-order valence-electron chi connectivity index (χ0n) is 13.0. The SMILES string of the molecule is Cc1cc(C(=O)NC(C)c2cn(C)nc2C)ccc1[N+](=O)[O-]. The molecule has 0 aliphatic heterocycles. The molecule has 0 spiro atoms. The molecule has 1 aromatic carbocycles. The highest BCUT2D eigenvalue weighted by molar-refractivity contribution is 5.95. The van der Waals surface area contributed by atoms with Crippen molar-refractivity contribution in [2.24, 2.45) is 7.05 Å². The van der Waals surface area contributed by atoms with Crippen molar-refractivity contribution < 1.29 is 9.72 Å². The van der Waals surface area contributed by atoms with Crippen LogP contribution < -0.4 is 5.32 Å². The maximum Gasteiger partial charge on any atom is 0.272 e. The molecule has 116 valence electrons. The van der Waals surface area contributed by atoms with Gasteiger partial charge in [-0.2, -0.15) is 5.10 Å². The van der Waals surface area contributed by atoms with Crippen LogP contribution in [0.1, 0.15) is 40.1 Å². The molecule has 1 atom stereocenters. The molecule has 22 heavy (non-hydrogen) atoms. The first-order valence-corrected chi connectivity index (χ1v) is 6.85. The van der Waals surface area contributed by atoms with E-state index in [0.717, 1.165) is 11.3 Å². The van der Waals surface area contributed by atoms with Gasteiger partial charge in [0.1, 0.15) is 0 Å². The third kappa shape index (κ3) is 3.13. The van der Waals surface area contributed by atoms with Gasteiger partial charge in [0.15, 0.2) is 0 Å². The fourth-order valence-electron chi connectivity index (χ4n) is 2.40. The van der Waals surface area contributed by atoms with Crippen LogP contribution in [0.15, 0.2) is 24.4 Å². The van der Waals surface area contributed by atoms with E-state index in [2.05, 4.69) is 10.4 Å². The molecule has 1 N–H and O–H groups in total. The predicted molar refractivity (Wildman–Crippen MR) is 81.7 cm³/mol. The lowest BCUT2D eigenvalue weighted by Gasteiger charge is -2.13. The molecular formula is C15H18N4O3. The second kappa shape index (κ2) is 5.97. The summed E-state index contributed by atoms with van der Waals surface area (Å²) in [5.74, 6) is -0.270. The van der Waals surface area contributed by atoms with Crippen LogP contribution in [-0.4, -0.2) is 20.6 Å². The number of hydrogen-bond donors (Lipinski definition) is 1. The Hall–Kier alpha value is -2.70. The van der Waals surface area contributed by atoms with Crippen LogP contribution in [0.4, 0.5) is 5.69 Å². The number of aromatic nitrogens is 2. The monoisotopic (exact) mass is 302 g/mol. The fourth-order valence-corrected chi connectivity index (χ4v) is 2.40. The third-order valence-corrected chi connectivity index (χ3v) is 3.52. The van der Waals surface area contributed by atoms with Gasteiger partial charge in [0.25, 0.3) is 11.6 Å². The van der Waals surface area contributed by atoms with E-state index in [1.165, 1.54) is 18.2 Å². The Morgan fingerprint density at radius 2 is 2.09 bits per heavy atom. The Morgan fingerprint density at radius 3 is 2.59 bits per heavy atom. The van der Waals surface area contributed by atoms with Gasteiger partial charge in [0.2, 0.25) is 0 Å². The van der Waals surface area contributed by atoms with Crippen LogP contribution in [0.2, 0.25) is 0 Å². The van der Waals surface area contributed by atoms with Crippen molar-refractivity contribution in [1.82, 2.24) is 15.1 Å². The standard InChI is InChI=1S/C15H18N4O3/c1-9-7-12(5-6-14(9)19(21)22)15(20)16-10(2)13-8-18(4)17-11(13)3/h5-8,10H,1-4H3,(H,16,20). The molecule has 0 saturated heterocycles. The summed E-state index contributed by atoms with van der Waals surface area (Å²) in [6, 6.07) is 4.14. The summed E-state index contributed by atoms with van der Waals surface area (Å²) < 4.78 is 1.70. The zero-order valence-corrected chi connectivity index (χ0v) is 13.0. The number of nitrogens with zero attached hydrogens (tertiary/aromatic N) is 3. The highest BCUT2D eigenvalue weighted by atomic mass is 16.6. The number of carbonyl (C=O) groups excluding carboxylic acids is 1. The number of nitrogens with one attached hydrogen (secondary N) is 1. The van der Waals surface area contributed by atoms with Gasteiger partial charge in [-0.15, -0.1) is 0 Å². The summed E-state index contributed by atoms with van der Waals surface area (Å²) in [7, 11) is 1.82. The zero-order chi connectivity index (χ0) is 16.4. The van der Waals surface area contributed by atoms with Crippen molar-refractivity contribution in [3.8, 4) is 0 Å². The first-order chi connectivity index (χ1) is 10.3. The molecule has 1 heterocycles. The predicted octanol–water partition coefficient (Wildman–Crippen LogP) is 2.44. The Bertz CT molecular complexity index is 736. The summed E-state index contributed by atoms with van der Waals surface area (Å²) in [4.78, 5) is 22.6. The summed E-state index contributed by atoms with van der Waals surface area (Å²) in [5.41, 5.74) is 2.66. The largest absolute Gasteiger partial charge is 0.345 e. The van der Waals surface area contributed by atoms with Crippen molar-refractivity contribution in [2.75, 3.05) is 0 Å². The Labute approximate surface area is 128 Å². The molecule has 1 amide bonds. The van der Waals surface area contributed by atoms with Crippen LogP contribution in [-0.2, 0) is 7.05 Å². The number of nitro groups is 1. The van der Waals surface area contributed by atoms with Gasteiger partial charge in [-0.25, -0.2) is 0 Å². The van der Waals surface area contributed by atoms with Crippen molar-refractivity contribution >= 4 is 11.6 Å². The second-order valence-electron chi connectivity index (χ2n) is 5.30. The van der Waals surface area contributed by atoms with Crippen molar-refractivity contribution in [1.29, 1.82) is 0 Å². The molecule has 2 aromatic rings. The fraction of sp³-hybridized carbons (Fsp3) is 0.333.